The van der Waals surface area contributed by atoms with Crippen molar-refractivity contribution in [3.8, 4) is 17.2 Å². The fraction of sp³-hybridized carbons (Fsp3) is 0.250. The lowest BCUT2D eigenvalue weighted by atomic mass is 10.2. The van der Waals surface area contributed by atoms with Gasteiger partial charge in [0.1, 0.15) is 5.75 Å². The first-order chi connectivity index (χ1) is 11.4. The van der Waals surface area contributed by atoms with Crippen molar-refractivity contribution < 1.29 is 27.4 Å². The van der Waals surface area contributed by atoms with E-state index in [1.165, 1.54) is 6.07 Å². The molecule has 3 rings (SSSR count). The summed E-state index contributed by atoms with van der Waals surface area (Å²) in [6.45, 7) is -0.782. The fourth-order valence-electron chi connectivity index (χ4n) is 2.18. The second kappa shape index (κ2) is 6.80. The number of fused-ring (bicyclic) bond motifs is 1. The summed E-state index contributed by atoms with van der Waals surface area (Å²) in [5.41, 5.74) is 1.36. The third-order valence-corrected chi connectivity index (χ3v) is 4.03. The number of para-hydroxylation sites is 2. The second-order valence-electron chi connectivity index (χ2n) is 5.05. The summed E-state index contributed by atoms with van der Waals surface area (Å²) in [5.74, 6) is 1.43. The molecule has 128 valence electrons. The molecule has 0 aliphatic carbocycles. The van der Waals surface area contributed by atoms with Crippen LogP contribution in [0.1, 0.15) is 5.56 Å². The molecule has 0 radical (unpaired) electrons. The van der Waals surface area contributed by atoms with Crippen molar-refractivity contribution >= 4 is 21.6 Å². The third-order valence-electron chi connectivity index (χ3n) is 3.29. The first-order valence-electron chi connectivity index (χ1n) is 7.03. The molecule has 0 spiro atoms. The van der Waals surface area contributed by atoms with E-state index in [1.807, 2.05) is 6.07 Å². The number of rotatable bonds is 5. The molecule has 24 heavy (non-hydrogen) atoms. The molecule has 1 aliphatic rings. The molecule has 0 bridgehead atoms. The molecule has 1 heterocycles. The lowest BCUT2D eigenvalue weighted by molar-refractivity contribution is -0.153. The Morgan fingerprint density at radius 1 is 1.12 bits per heavy atom. The first-order valence-corrected chi connectivity index (χ1v) is 7.82. The van der Waals surface area contributed by atoms with Gasteiger partial charge in [0.15, 0.2) is 18.1 Å². The van der Waals surface area contributed by atoms with E-state index < -0.39 is 12.8 Å². The summed E-state index contributed by atoms with van der Waals surface area (Å²) < 4.78 is 53.2. The van der Waals surface area contributed by atoms with Crippen molar-refractivity contribution in [1.29, 1.82) is 0 Å². The van der Waals surface area contributed by atoms with Crippen LogP contribution in [0.25, 0.3) is 0 Å². The Hall–Kier alpha value is -2.09. The monoisotopic (exact) mass is 403 g/mol. The minimum absolute atomic E-state index is 0.145. The Labute approximate surface area is 144 Å². The van der Waals surface area contributed by atoms with E-state index >= 15 is 0 Å². The molecular formula is C16H13BrF3NO3. The molecule has 0 saturated carbocycles. The molecular weight excluding hydrogens is 391 g/mol. The topological polar surface area (TPSA) is 39.7 Å². The zero-order valence-corrected chi connectivity index (χ0v) is 13.9. The van der Waals surface area contributed by atoms with Crippen molar-refractivity contribution in [1.82, 2.24) is 0 Å². The SMILES string of the molecule is FC(F)(F)COc1ccccc1NCc1cc2c(cc1Br)OCO2. The maximum atomic E-state index is 12.3. The van der Waals surface area contributed by atoms with Crippen LogP contribution in [0, 0.1) is 0 Å². The van der Waals surface area contributed by atoms with E-state index in [-0.39, 0.29) is 12.5 Å². The highest BCUT2D eigenvalue weighted by atomic mass is 79.9. The normalized spacial score (nSPS) is 13.0. The summed E-state index contributed by atoms with van der Waals surface area (Å²) >= 11 is 3.44. The van der Waals surface area contributed by atoms with Gasteiger partial charge in [-0.25, -0.2) is 0 Å². The molecule has 0 fully saturated rings. The molecule has 2 aromatic rings. The summed E-state index contributed by atoms with van der Waals surface area (Å²) in [4.78, 5) is 0. The molecule has 4 nitrogen and oxygen atoms in total. The number of ether oxygens (including phenoxy) is 3. The predicted octanol–water partition coefficient (Wildman–Crippen LogP) is 4.73. The number of alkyl halides is 3. The second-order valence-corrected chi connectivity index (χ2v) is 5.90. The van der Waals surface area contributed by atoms with Gasteiger partial charge >= 0.3 is 6.18 Å². The van der Waals surface area contributed by atoms with Gasteiger partial charge in [-0.2, -0.15) is 13.2 Å². The van der Waals surface area contributed by atoms with Crippen LogP contribution in [0.15, 0.2) is 40.9 Å². The lowest BCUT2D eigenvalue weighted by Crippen LogP contribution is -2.19. The summed E-state index contributed by atoms with van der Waals surface area (Å²) in [5, 5.41) is 3.08. The van der Waals surface area contributed by atoms with Crippen LogP contribution in [0.2, 0.25) is 0 Å². The Bertz CT molecular complexity index is 737. The van der Waals surface area contributed by atoms with E-state index in [9.17, 15) is 13.2 Å². The van der Waals surface area contributed by atoms with Crippen molar-refractivity contribution in [3.63, 3.8) is 0 Å². The summed E-state index contributed by atoms with van der Waals surface area (Å²) in [6.07, 6.45) is -4.38. The zero-order chi connectivity index (χ0) is 17.2. The van der Waals surface area contributed by atoms with Crippen LogP contribution in [0.3, 0.4) is 0 Å². The molecule has 0 unspecified atom stereocenters. The van der Waals surface area contributed by atoms with Gasteiger partial charge in [-0.15, -0.1) is 0 Å². The van der Waals surface area contributed by atoms with Gasteiger partial charge < -0.3 is 19.5 Å². The van der Waals surface area contributed by atoms with E-state index in [0.717, 1.165) is 10.0 Å². The molecule has 0 aromatic heterocycles. The van der Waals surface area contributed by atoms with Crippen LogP contribution in [-0.4, -0.2) is 19.6 Å². The molecule has 2 aromatic carbocycles. The number of nitrogens with one attached hydrogen (secondary N) is 1. The predicted molar refractivity (Wildman–Crippen MR) is 85.6 cm³/mol. The van der Waals surface area contributed by atoms with E-state index in [1.54, 1.807) is 24.3 Å². The Morgan fingerprint density at radius 2 is 1.83 bits per heavy atom. The Kier molecular flexibility index (Phi) is 4.75. The van der Waals surface area contributed by atoms with Gasteiger partial charge in [0.05, 0.1) is 5.69 Å². The molecule has 0 saturated heterocycles. The highest BCUT2D eigenvalue weighted by Crippen LogP contribution is 2.37. The van der Waals surface area contributed by atoms with Crippen molar-refractivity contribution in [2.45, 2.75) is 12.7 Å². The average molecular weight is 404 g/mol. The fourth-order valence-corrected chi connectivity index (χ4v) is 2.65. The van der Waals surface area contributed by atoms with Crippen LogP contribution in [0.5, 0.6) is 17.2 Å². The minimum Gasteiger partial charge on any atom is -0.482 e. The van der Waals surface area contributed by atoms with E-state index in [0.29, 0.717) is 23.7 Å². The largest absolute Gasteiger partial charge is 0.482 e. The first kappa shape index (κ1) is 16.8. The van der Waals surface area contributed by atoms with Crippen molar-refractivity contribution in [2.75, 3.05) is 18.7 Å². The van der Waals surface area contributed by atoms with E-state index in [4.69, 9.17) is 14.2 Å². The van der Waals surface area contributed by atoms with Gasteiger partial charge in [-0.3, -0.25) is 0 Å². The highest BCUT2D eigenvalue weighted by Gasteiger charge is 2.28. The van der Waals surface area contributed by atoms with Gasteiger partial charge in [-0.05, 0) is 29.8 Å². The smallest absolute Gasteiger partial charge is 0.422 e. The number of halogens is 4. The average Bonchev–Trinajstić information content (AvgIpc) is 2.97. The molecule has 1 N–H and O–H groups in total. The third kappa shape index (κ3) is 4.05. The summed E-state index contributed by atoms with van der Waals surface area (Å²) in [7, 11) is 0. The minimum atomic E-state index is -4.38. The van der Waals surface area contributed by atoms with Crippen LogP contribution in [-0.2, 0) is 6.54 Å². The van der Waals surface area contributed by atoms with Crippen LogP contribution >= 0.6 is 15.9 Å². The Balaban J connectivity index is 1.71. The maximum absolute atomic E-state index is 12.3. The molecule has 8 heteroatoms. The quantitative estimate of drug-likeness (QED) is 0.783. The lowest BCUT2D eigenvalue weighted by Gasteiger charge is -2.15. The van der Waals surface area contributed by atoms with Crippen molar-refractivity contribution in [3.05, 3.63) is 46.4 Å². The molecule has 1 aliphatic heterocycles. The molecule has 0 atom stereocenters. The van der Waals surface area contributed by atoms with E-state index in [2.05, 4.69) is 21.2 Å². The van der Waals surface area contributed by atoms with Gasteiger partial charge in [0, 0.05) is 11.0 Å². The highest BCUT2D eigenvalue weighted by molar-refractivity contribution is 9.10. The number of anilines is 1. The Morgan fingerprint density at radius 3 is 2.58 bits per heavy atom. The van der Waals surface area contributed by atoms with Gasteiger partial charge in [0.2, 0.25) is 6.79 Å². The number of benzene rings is 2. The summed E-state index contributed by atoms with van der Waals surface area (Å²) in [6, 6.07) is 10.1. The van der Waals surface area contributed by atoms with Crippen LogP contribution < -0.4 is 19.5 Å². The number of hydrogen-bond donors (Lipinski definition) is 1. The van der Waals surface area contributed by atoms with Crippen molar-refractivity contribution in [2.24, 2.45) is 0 Å². The zero-order valence-electron chi connectivity index (χ0n) is 12.3. The van der Waals surface area contributed by atoms with Crippen LogP contribution in [0.4, 0.5) is 18.9 Å². The number of hydrogen-bond acceptors (Lipinski definition) is 4. The van der Waals surface area contributed by atoms with Gasteiger partial charge in [-0.1, -0.05) is 28.1 Å². The standard InChI is InChI=1S/C16H13BrF3NO3/c17-11-6-15-14(23-9-24-15)5-10(11)7-21-12-3-1-2-4-13(12)22-8-16(18,19)20/h1-6,21H,7-9H2. The maximum Gasteiger partial charge on any atom is 0.422 e. The molecule has 0 amide bonds. The van der Waals surface area contributed by atoms with Gasteiger partial charge in [0.25, 0.3) is 0 Å².